The number of benzene rings is 1. The third-order valence-electron chi connectivity index (χ3n) is 4.45. The predicted octanol–water partition coefficient (Wildman–Crippen LogP) is 4.05. The van der Waals surface area contributed by atoms with Gasteiger partial charge in [0.15, 0.2) is 16.6 Å². The van der Waals surface area contributed by atoms with Gasteiger partial charge in [-0.15, -0.1) is 11.3 Å². The minimum absolute atomic E-state index is 0.191. The number of aromatic nitrogens is 1. The first-order chi connectivity index (χ1) is 13.2. The van der Waals surface area contributed by atoms with Crippen LogP contribution in [0.1, 0.15) is 54.3 Å². The molecule has 7 heteroatoms. The van der Waals surface area contributed by atoms with Gasteiger partial charge in [-0.25, -0.2) is 4.98 Å². The highest BCUT2D eigenvalue weighted by Gasteiger charge is 2.19. The predicted molar refractivity (Wildman–Crippen MR) is 108 cm³/mol. The Morgan fingerprint density at radius 2 is 2.07 bits per heavy atom. The summed E-state index contributed by atoms with van der Waals surface area (Å²) < 4.78 is 11.3. The number of nitrogens with one attached hydrogen (secondary N) is 2. The minimum Gasteiger partial charge on any atom is -0.490 e. The number of hydrogen-bond donors (Lipinski definition) is 2. The molecule has 0 unspecified atom stereocenters. The van der Waals surface area contributed by atoms with E-state index in [9.17, 15) is 4.79 Å². The van der Waals surface area contributed by atoms with Gasteiger partial charge in [-0.2, -0.15) is 0 Å². The number of nitrogens with zero attached hydrogens (tertiary/aromatic N) is 1. The summed E-state index contributed by atoms with van der Waals surface area (Å²) >= 11 is 1.56. The lowest BCUT2D eigenvalue weighted by Gasteiger charge is -2.20. The van der Waals surface area contributed by atoms with Crippen LogP contribution in [0.5, 0.6) is 11.5 Å². The number of hydrogen-bond acceptors (Lipinski definition) is 6. The molecule has 1 saturated heterocycles. The van der Waals surface area contributed by atoms with Crippen LogP contribution < -0.4 is 20.1 Å². The lowest BCUT2D eigenvalue weighted by Crippen LogP contribution is -2.26. The normalized spacial score (nSPS) is 14.7. The molecule has 0 radical (unpaired) electrons. The van der Waals surface area contributed by atoms with Gasteiger partial charge in [0.2, 0.25) is 0 Å². The summed E-state index contributed by atoms with van der Waals surface area (Å²) in [6, 6.07) is 5.27. The molecule has 0 spiro atoms. The van der Waals surface area contributed by atoms with Crippen molar-refractivity contribution in [3.05, 3.63) is 34.8 Å². The molecule has 146 valence electrons. The van der Waals surface area contributed by atoms with Crippen molar-refractivity contribution < 1.29 is 14.3 Å². The minimum atomic E-state index is -0.191. The van der Waals surface area contributed by atoms with Crippen molar-refractivity contribution in [1.29, 1.82) is 0 Å². The SMILES string of the molecule is CCCOc1ccc(C(=O)Nc2ncc(C3CCNCC3)s2)cc1OCC. The largest absolute Gasteiger partial charge is 0.490 e. The van der Waals surface area contributed by atoms with Crippen molar-refractivity contribution in [2.45, 2.75) is 39.0 Å². The van der Waals surface area contributed by atoms with Crippen LogP contribution in [0.25, 0.3) is 0 Å². The number of piperidine rings is 1. The Bertz CT molecular complexity index is 757. The lowest BCUT2D eigenvalue weighted by atomic mass is 9.97. The average Bonchev–Trinajstić information content (AvgIpc) is 3.16. The van der Waals surface area contributed by atoms with Gasteiger partial charge in [0.05, 0.1) is 13.2 Å². The van der Waals surface area contributed by atoms with E-state index in [-0.39, 0.29) is 5.91 Å². The van der Waals surface area contributed by atoms with Crippen LogP contribution in [-0.4, -0.2) is 37.2 Å². The Balaban J connectivity index is 1.68. The van der Waals surface area contributed by atoms with Crippen molar-refractivity contribution >= 4 is 22.4 Å². The number of carbonyl (C=O) groups excluding carboxylic acids is 1. The summed E-state index contributed by atoms with van der Waals surface area (Å²) in [6.07, 6.45) is 5.04. The molecule has 6 nitrogen and oxygen atoms in total. The third-order valence-corrected chi connectivity index (χ3v) is 5.53. The van der Waals surface area contributed by atoms with Gasteiger partial charge in [-0.05, 0) is 63.4 Å². The topological polar surface area (TPSA) is 72.5 Å². The lowest BCUT2D eigenvalue weighted by molar-refractivity contribution is 0.102. The van der Waals surface area contributed by atoms with Crippen molar-refractivity contribution in [1.82, 2.24) is 10.3 Å². The second kappa shape index (κ2) is 9.71. The fourth-order valence-electron chi connectivity index (χ4n) is 3.06. The molecule has 1 fully saturated rings. The van der Waals surface area contributed by atoms with Crippen LogP contribution in [0.2, 0.25) is 0 Å². The van der Waals surface area contributed by atoms with Crippen molar-refractivity contribution in [3.63, 3.8) is 0 Å². The van der Waals surface area contributed by atoms with Gasteiger partial charge in [0, 0.05) is 16.6 Å². The fourth-order valence-corrected chi connectivity index (χ4v) is 4.04. The molecule has 0 saturated carbocycles. The van der Waals surface area contributed by atoms with E-state index in [2.05, 4.69) is 15.6 Å². The molecule has 1 aromatic heterocycles. The maximum Gasteiger partial charge on any atom is 0.257 e. The Morgan fingerprint density at radius 3 is 2.81 bits per heavy atom. The van der Waals surface area contributed by atoms with Gasteiger partial charge >= 0.3 is 0 Å². The maximum atomic E-state index is 12.6. The van der Waals surface area contributed by atoms with E-state index in [1.54, 1.807) is 29.5 Å². The summed E-state index contributed by atoms with van der Waals surface area (Å²) in [5.41, 5.74) is 0.529. The van der Waals surface area contributed by atoms with E-state index in [0.29, 0.717) is 41.3 Å². The molecule has 2 N–H and O–H groups in total. The second-order valence-electron chi connectivity index (χ2n) is 6.49. The maximum absolute atomic E-state index is 12.6. The van der Waals surface area contributed by atoms with Gasteiger partial charge in [-0.3, -0.25) is 10.1 Å². The zero-order chi connectivity index (χ0) is 19.1. The highest BCUT2D eigenvalue weighted by molar-refractivity contribution is 7.15. The zero-order valence-corrected chi connectivity index (χ0v) is 16.7. The quantitative estimate of drug-likeness (QED) is 0.713. The van der Waals surface area contributed by atoms with Crippen molar-refractivity contribution in [2.24, 2.45) is 0 Å². The Kier molecular flexibility index (Phi) is 7.06. The molecule has 1 aliphatic rings. The number of carbonyl (C=O) groups is 1. The van der Waals surface area contributed by atoms with E-state index in [1.165, 1.54) is 4.88 Å². The number of amides is 1. The average molecular weight is 390 g/mol. The molecular weight excluding hydrogens is 362 g/mol. The fraction of sp³-hybridized carbons (Fsp3) is 0.500. The van der Waals surface area contributed by atoms with Crippen molar-refractivity contribution in [3.8, 4) is 11.5 Å². The molecule has 1 aliphatic heterocycles. The highest BCUT2D eigenvalue weighted by atomic mass is 32.1. The van der Waals surface area contributed by atoms with E-state index < -0.39 is 0 Å². The van der Waals surface area contributed by atoms with Gasteiger partial charge in [-0.1, -0.05) is 6.92 Å². The summed E-state index contributed by atoms with van der Waals surface area (Å²) in [4.78, 5) is 18.3. The van der Waals surface area contributed by atoms with Gasteiger partial charge in [0.1, 0.15) is 0 Å². The summed E-state index contributed by atoms with van der Waals surface area (Å²) in [6.45, 7) is 7.17. The Hall–Kier alpha value is -2.12. The molecule has 0 aliphatic carbocycles. The molecule has 0 bridgehead atoms. The second-order valence-corrected chi connectivity index (χ2v) is 7.55. The number of thiazole rings is 1. The molecule has 27 heavy (non-hydrogen) atoms. The highest BCUT2D eigenvalue weighted by Crippen LogP contribution is 2.32. The van der Waals surface area contributed by atoms with Crippen LogP contribution in [0.3, 0.4) is 0 Å². The smallest absolute Gasteiger partial charge is 0.257 e. The summed E-state index contributed by atoms with van der Waals surface area (Å²) in [5.74, 6) is 1.60. The standard InChI is InChI=1S/C20H27N3O3S/c1-3-11-26-16-6-5-15(12-17(16)25-4-2)19(24)23-20-22-13-18(27-20)14-7-9-21-10-8-14/h5-6,12-14,21H,3-4,7-11H2,1-2H3,(H,22,23,24). The Morgan fingerprint density at radius 1 is 1.26 bits per heavy atom. The molecule has 3 rings (SSSR count). The molecule has 1 aromatic carbocycles. The van der Waals surface area contributed by atoms with Crippen LogP contribution in [0, 0.1) is 0 Å². The third kappa shape index (κ3) is 5.20. The van der Waals surface area contributed by atoms with E-state index in [4.69, 9.17) is 9.47 Å². The van der Waals surface area contributed by atoms with Crippen LogP contribution in [-0.2, 0) is 0 Å². The molecule has 2 heterocycles. The van der Waals surface area contributed by atoms with Crippen molar-refractivity contribution in [2.75, 3.05) is 31.6 Å². The Labute approximate surface area is 164 Å². The van der Waals surface area contributed by atoms with Crippen LogP contribution >= 0.6 is 11.3 Å². The molecule has 1 amide bonds. The van der Waals surface area contributed by atoms with Gasteiger partial charge < -0.3 is 14.8 Å². The first kappa shape index (κ1) is 19.6. The molecule has 2 aromatic rings. The number of anilines is 1. The van der Waals surface area contributed by atoms with E-state index in [0.717, 1.165) is 32.4 Å². The summed E-state index contributed by atoms with van der Waals surface area (Å²) in [5, 5.41) is 6.91. The zero-order valence-electron chi connectivity index (χ0n) is 15.9. The van der Waals surface area contributed by atoms with E-state index >= 15 is 0 Å². The molecular formula is C20H27N3O3S. The van der Waals surface area contributed by atoms with Gasteiger partial charge in [0.25, 0.3) is 5.91 Å². The number of ether oxygens (including phenoxy) is 2. The summed E-state index contributed by atoms with van der Waals surface area (Å²) in [7, 11) is 0. The molecule has 0 atom stereocenters. The van der Waals surface area contributed by atoms with Crippen LogP contribution in [0.15, 0.2) is 24.4 Å². The monoisotopic (exact) mass is 389 g/mol. The van der Waals surface area contributed by atoms with Crippen LogP contribution in [0.4, 0.5) is 5.13 Å². The first-order valence-corrected chi connectivity index (χ1v) is 10.4. The van der Waals surface area contributed by atoms with E-state index in [1.807, 2.05) is 20.0 Å². The number of rotatable bonds is 8. The first-order valence-electron chi connectivity index (χ1n) is 9.58.